The molecule has 6 nitrogen and oxygen atoms in total. The van der Waals surface area contributed by atoms with Gasteiger partial charge in [-0.3, -0.25) is 9.59 Å². The second-order valence-corrected chi connectivity index (χ2v) is 5.57. The summed E-state index contributed by atoms with van der Waals surface area (Å²) in [4.78, 5) is 31.2. The molecule has 2 heterocycles. The maximum absolute atomic E-state index is 12.6. The van der Waals surface area contributed by atoms with Crippen molar-refractivity contribution in [2.24, 2.45) is 7.05 Å². The van der Waals surface area contributed by atoms with Gasteiger partial charge in [0.2, 0.25) is 0 Å². The number of amides is 1. The Morgan fingerprint density at radius 3 is 2.58 bits per heavy atom. The molecule has 6 heteroatoms. The van der Waals surface area contributed by atoms with E-state index >= 15 is 0 Å². The van der Waals surface area contributed by atoms with E-state index in [2.05, 4.69) is 15.3 Å². The van der Waals surface area contributed by atoms with Gasteiger partial charge in [0, 0.05) is 31.2 Å². The average Bonchev–Trinajstić information content (AvgIpc) is 3.22. The Hall–Kier alpha value is -3.15. The molecule has 0 fully saturated rings. The molecule has 24 heavy (non-hydrogen) atoms. The first-order chi connectivity index (χ1) is 11.6. The third-order valence-electron chi connectivity index (χ3n) is 3.86. The monoisotopic (exact) mass is 322 g/mol. The SMILES string of the molecule is CC(=O)c1c[nH]c(C(=O)N[C@@H](c2ccccc2)c2nccn2C)c1. The number of aromatic nitrogens is 3. The van der Waals surface area contributed by atoms with Crippen molar-refractivity contribution < 1.29 is 9.59 Å². The fourth-order valence-corrected chi connectivity index (χ4v) is 2.54. The van der Waals surface area contributed by atoms with Crippen molar-refractivity contribution in [2.75, 3.05) is 0 Å². The molecule has 0 spiro atoms. The number of Topliss-reactive ketones (excluding diaryl/α,β-unsaturated/α-hetero) is 1. The highest BCUT2D eigenvalue weighted by Crippen LogP contribution is 2.20. The fraction of sp³-hybridized carbons (Fsp3) is 0.167. The molecule has 0 unspecified atom stereocenters. The summed E-state index contributed by atoms with van der Waals surface area (Å²) < 4.78 is 1.87. The quantitative estimate of drug-likeness (QED) is 0.708. The summed E-state index contributed by atoms with van der Waals surface area (Å²) in [5.41, 5.74) is 1.75. The molecule has 0 aliphatic carbocycles. The number of rotatable bonds is 5. The number of nitrogens with one attached hydrogen (secondary N) is 2. The van der Waals surface area contributed by atoms with Gasteiger partial charge in [-0.15, -0.1) is 0 Å². The molecule has 1 atom stereocenters. The number of ketones is 1. The number of carbonyl (C=O) groups is 2. The lowest BCUT2D eigenvalue weighted by atomic mass is 10.1. The number of imidazole rings is 1. The molecule has 0 radical (unpaired) electrons. The largest absolute Gasteiger partial charge is 0.356 e. The predicted octanol–water partition coefficient (Wildman–Crippen LogP) is 2.47. The van der Waals surface area contributed by atoms with E-state index in [0.717, 1.165) is 11.4 Å². The average molecular weight is 322 g/mol. The summed E-state index contributed by atoms with van der Waals surface area (Å²) in [5.74, 6) is 0.348. The molecule has 1 aromatic carbocycles. The lowest BCUT2D eigenvalue weighted by Crippen LogP contribution is -2.31. The van der Waals surface area contributed by atoms with Gasteiger partial charge in [-0.1, -0.05) is 30.3 Å². The van der Waals surface area contributed by atoms with Gasteiger partial charge in [0.1, 0.15) is 17.6 Å². The van der Waals surface area contributed by atoms with Gasteiger partial charge in [0.15, 0.2) is 5.78 Å². The second-order valence-electron chi connectivity index (χ2n) is 5.57. The van der Waals surface area contributed by atoms with Crippen molar-refractivity contribution >= 4 is 11.7 Å². The van der Waals surface area contributed by atoms with E-state index in [1.807, 2.05) is 48.1 Å². The number of aromatic amines is 1. The zero-order valence-corrected chi connectivity index (χ0v) is 13.5. The van der Waals surface area contributed by atoms with E-state index in [-0.39, 0.29) is 17.7 Å². The van der Waals surface area contributed by atoms with Crippen LogP contribution < -0.4 is 5.32 Å². The Bertz CT molecular complexity index is 864. The van der Waals surface area contributed by atoms with Crippen LogP contribution in [0.15, 0.2) is 55.0 Å². The number of hydrogen-bond donors (Lipinski definition) is 2. The highest BCUT2D eigenvalue weighted by atomic mass is 16.2. The number of benzene rings is 1. The summed E-state index contributed by atoms with van der Waals surface area (Å²) >= 11 is 0. The number of aryl methyl sites for hydroxylation is 1. The van der Waals surface area contributed by atoms with Crippen LogP contribution >= 0.6 is 0 Å². The smallest absolute Gasteiger partial charge is 0.268 e. The molecule has 0 bridgehead atoms. The number of nitrogens with zero attached hydrogens (tertiary/aromatic N) is 2. The predicted molar refractivity (Wildman–Crippen MR) is 89.8 cm³/mol. The summed E-state index contributed by atoms with van der Waals surface area (Å²) in [6, 6.07) is 10.8. The van der Waals surface area contributed by atoms with E-state index in [0.29, 0.717) is 11.3 Å². The van der Waals surface area contributed by atoms with E-state index in [1.54, 1.807) is 12.3 Å². The number of hydrogen-bond acceptors (Lipinski definition) is 3. The molecule has 3 rings (SSSR count). The molecule has 3 aromatic rings. The molecule has 2 N–H and O–H groups in total. The van der Waals surface area contributed by atoms with Crippen LogP contribution in [-0.2, 0) is 7.05 Å². The van der Waals surface area contributed by atoms with Gasteiger partial charge in [-0.2, -0.15) is 0 Å². The lowest BCUT2D eigenvalue weighted by molar-refractivity contribution is 0.0936. The van der Waals surface area contributed by atoms with E-state index in [1.165, 1.54) is 13.1 Å². The van der Waals surface area contributed by atoms with Gasteiger partial charge in [0.25, 0.3) is 5.91 Å². The third-order valence-corrected chi connectivity index (χ3v) is 3.86. The van der Waals surface area contributed by atoms with Crippen LogP contribution in [0.1, 0.15) is 45.2 Å². The van der Waals surface area contributed by atoms with E-state index < -0.39 is 0 Å². The first-order valence-corrected chi connectivity index (χ1v) is 7.58. The molecular formula is C18H18N4O2. The molecule has 0 saturated carbocycles. The van der Waals surface area contributed by atoms with Crippen molar-refractivity contribution in [1.82, 2.24) is 19.9 Å². The summed E-state index contributed by atoms with van der Waals surface area (Å²) in [6.45, 7) is 1.46. The zero-order valence-electron chi connectivity index (χ0n) is 13.5. The van der Waals surface area contributed by atoms with Gasteiger partial charge in [-0.25, -0.2) is 4.98 Å². The summed E-state index contributed by atoms with van der Waals surface area (Å²) in [7, 11) is 1.88. The number of carbonyl (C=O) groups excluding carboxylic acids is 2. The standard InChI is InChI=1S/C18H18N4O2/c1-12(23)14-10-15(20-11-14)18(24)21-16(13-6-4-3-5-7-13)17-19-8-9-22(17)2/h3-11,16,20H,1-2H3,(H,21,24)/t16-/m0/s1. The Labute approximate surface area is 139 Å². The maximum atomic E-state index is 12.6. The summed E-state index contributed by atoms with van der Waals surface area (Å²) in [5, 5.41) is 2.98. The minimum atomic E-state index is -0.386. The van der Waals surface area contributed by atoms with Crippen LogP contribution in [0.3, 0.4) is 0 Å². The second kappa shape index (κ2) is 6.54. The van der Waals surface area contributed by atoms with Crippen molar-refractivity contribution in [1.29, 1.82) is 0 Å². The zero-order chi connectivity index (χ0) is 17.1. The highest BCUT2D eigenvalue weighted by Gasteiger charge is 2.22. The van der Waals surface area contributed by atoms with Crippen molar-refractivity contribution in [3.8, 4) is 0 Å². The topological polar surface area (TPSA) is 79.8 Å². The Kier molecular flexibility index (Phi) is 4.29. The Morgan fingerprint density at radius 1 is 1.25 bits per heavy atom. The molecule has 0 aliphatic rings. The van der Waals surface area contributed by atoms with Crippen molar-refractivity contribution in [3.63, 3.8) is 0 Å². The summed E-state index contributed by atoms with van der Waals surface area (Å²) in [6.07, 6.45) is 5.06. The normalized spacial score (nSPS) is 11.9. The van der Waals surface area contributed by atoms with Gasteiger partial charge in [-0.05, 0) is 18.6 Å². The number of H-pyrrole nitrogens is 1. The van der Waals surface area contributed by atoms with Crippen LogP contribution in [0, 0.1) is 0 Å². The third kappa shape index (κ3) is 3.12. The first-order valence-electron chi connectivity index (χ1n) is 7.58. The highest BCUT2D eigenvalue weighted by molar-refractivity contribution is 5.99. The van der Waals surface area contributed by atoms with Gasteiger partial charge in [0.05, 0.1) is 0 Å². The van der Waals surface area contributed by atoms with Crippen LogP contribution in [0.5, 0.6) is 0 Å². The lowest BCUT2D eigenvalue weighted by Gasteiger charge is -2.18. The molecule has 122 valence electrons. The van der Waals surface area contributed by atoms with Crippen LogP contribution in [0.4, 0.5) is 0 Å². The van der Waals surface area contributed by atoms with Gasteiger partial charge < -0.3 is 14.9 Å². The maximum Gasteiger partial charge on any atom is 0.268 e. The Balaban J connectivity index is 1.90. The molecule has 0 saturated heterocycles. The van der Waals surface area contributed by atoms with Crippen LogP contribution in [-0.4, -0.2) is 26.2 Å². The van der Waals surface area contributed by atoms with Crippen LogP contribution in [0.25, 0.3) is 0 Å². The minimum absolute atomic E-state index is 0.0889. The van der Waals surface area contributed by atoms with E-state index in [4.69, 9.17) is 0 Å². The first kappa shape index (κ1) is 15.7. The van der Waals surface area contributed by atoms with Crippen LogP contribution in [0.2, 0.25) is 0 Å². The molecule has 2 aromatic heterocycles. The van der Waals surface area contributed by atoms with Crippen molar-refractivity contribution in [2.45, 2.75) is 13.0 Å². The molecule has 1 amide bonds. The minimum Gasteiger partial charge on any atom is -0.356 e. The van der Waals surface area contributed by atoms with E-state index in [9.17, 15) is 9.59 Å². The van der Waals surface area contributed by atoms with Gasteiger partial charge >= 0.3 is 0 Å². The fourth-order valence-electron chi connectivity index (χ4n) is 2.54. The Morgan fingerprint density at radius 2 is 2.00 bits per heavy atom. The molecular weight excluding hydrogens is 304 g/mol. The van der Waals surface area contributed by atoms with Crippen molar-refractivity contribution in [3.05, 3.63) is 77.6 Å². The molecule has 0 aliphatic heterocycles.